The van der Waals surface area contributed by atoms with Crippen molar-refractivity contribution in [3.05, 3.63) is 29.3 Å². The molecule has 0 spiro atoms. The normalized spacial score (nSPS) is 15.1. The van der Waals surface area contributed by atoms with Crippen LogP contribution in [0, 0.1) is 13.8 Å². The van der Waals surface area contributed by atoms with Crippen molar-refractivity contribution in [2.75, 3.05) is 23.9 Å². The highest BCUT2D eigenvalue weighted by molar-refractivity contribution is 8.00. The summed E-state index contributed by atoms with van der Waals surface area (Å²) < 4.78 is 0. The Morgan fingerprint density at radius 1 is 1.17 bits per heavy atom. The van der Waals surface area contributed by atoms with Crippen LogP contribution in [0.3, 0.4) is 0 Å². The van der Waals surface area contributed by atoms with Crippen LogP contribution in [0.2, 0.25) is 0 Å². The smallest absolute Gasteiger partial charge is 0.234 e. The van der Waals surface area contributed by atoms with Crippen LogP contribution < -0.4 is 5.32 Å². The van der Waals surface area contributed by atoms with E-state index < -0.39 is 0 Å². The Labute approximate surface area is 149 Å². The predicted octanol–water partition coefficient (Wildman–Crippen LogP) is 3.77. The lowest BCUT2D eigenvalue weighted by molar-refractivity contribution is -0.129. The molecule has 2 amide bonds. The van der Waals surface area contributed by atoms with Crippen LogP contribution in [0.1, 0.15) is 43.2 Å². The Kier molecular flexibility index (Phi) is 7.16. The van der Waals surface area contributed by atoms with Gasteiger partial charge in [-0.05, 0) is 43.9 Å². The molecule has 0 aliphatic heterocycles. The molecule has 132 valence electrons. The number of hydrogen-bond acceptors (Lipinski definition) is 3. The SMILES string of the molecule is Cc1cccc(NC(=O)CSCC(=O)N(C)C2CCCCC2)c1C. The quantitative estimate of drug-likeness (QED) is 0.851. The Morgan fingerprint density at radius 2 is 1.88 bits per heavy atom. The number of thioether (sulfide) groups is 1. The van der Waals surface area contributed by atoms with Crippen LogP contribution >= 0.6 is 11.8 Å². The van der Waals surface area contributed by atoms with E-state index in [9.17, 15) is 9.59 Å². The zero-order valence-electron chi connectivity index (χ0n) is 14.9. The molecule has 1 aromatic rings. The lowest BCUT2D eigenvalue weighted by Crippen LogP contribution is -2.39. The predicted molar refractivity (Wildman–Crippen MR) is 102 cm³/mol. The summed E-state index contributed by atoms with van der Waals surface area (Å²) in [5.41, 5.74) is 3.10. The minimum Gasteiger partial charge on any atom is -0.342 e. The lowest BCUT2D eigenvalue weighted by atomic mass is 9.94. The van der Waals surface area contributed by atoms with Crippen LogP contribution in [-0.2, 0) is 9.59 Å². The first kappa shape index (κ1) is 18.8. The van der Waals surface area contributed by atoms with Crippen LogP contribution in [-0.4, -0.2) is 41.3 Å². The molecule has 0 radical (unpaired) electrons. The largest absolute Gasteiger partial charge is 0.342 e. The monoisotopic (exact) mass is 348 g/mol. The molecule has 1 aliphatic carbocycles. The molecule has 0 unspecified atom stereocenters. The molecule has 0 bridgehead atoms. The molecule has 0 heterocycles. The number of carbonyl (C=O) groups is 2. The Hall–Kier alpha value is -1.49. The fraction of sp³-hybridized carbons (Fsp3) is 0.579. The number of benzene rings is 1. The molecular weight excluding hydrogens is 320 g/mol. The van der Waals surface area contributed by atoms with Crippen LogP contribution in [0.4, 0.5) is 5.69 Å². The zero-order valence-corrected chi connectivity index (χ0v) is 15.7. The van der Waals surface area contributed by atoms with Crippen molar-refractivity contribution in [3.63, 3.8) is 0 Å². The fourth-order valence-electron chi connectivity index (χ4n) is 3.08. The summed E-state index contributed by atoms with van der Waals surface area (Å²) in [5.74, 6) is 0.749. The van der Waals surface area contributed by atoms with Gasteiger partial charge in [0.2, 0.25) is 11.8 Å². The van der Waals surface area contributed by atoms with E-state index in [4.69, 9.17) is 0 Å². The summed E-state index contributed by atoms with van der Waals surface area (Å²) in [6.07, 6.45) is 5.94. The average Bonchev–Trinajstić information content (AvgIpc) is 2.59. The highest BCUT2D eigenvalue weighted by Crippen LogP contribution is 2.22. The number of anilines is 1. The Morgan fingerprint density at radius 3 is 2.58 bits per heavy atom. The highest BCUT2D eigenvalue weighted by atomic mass is 32.2. The molecule has 5 heteroatoms. The molecule has 24 heavy (non-hydrogen) atoms. The first-order valence-electron chi connectivity index (χ1n) is 8.68. The number of rotatable bonds is 6. The van der Waals surface area contributed by atoms with Gasteiger partial charge in [-0.1, -0.05) is 31.4 Å². The van der Waals surface area contributed by atoms with E-state index in [-0.39, 0.29) is 11.8 Å². The first-order valence-corrected chi connectivity index (χ1v) is 9.84. The summed E-state index contributed by atoms with van der Waals surface area (Å²) in [7, 11) is 1.90. The molecule has 0 atom stereocenters. The van der Waals surface area contributed by atoms with Gasteiger partial charge in [0.25, 0.3) is 0 Å². The number of hydrogen-bond donors (Lipinski definition) is 1. The summed E-state index contributed by atoms with van der Waals surface area (Å²) in [6, 6.07) is 6.26. The van der Waals surface area contributed by atoms with Gasteiger partial charge in [0.05, 0.1) is 11.5 Å². The zero-order chi connectivity index (χ0) is 17.5. The summed E-state index contributed by atoms with van der Waals surface area (Å²) >= 11 is 1.39. The third kappa shape index (κ3) is 5.26. The molecule has 1 aliphatic rings. The van der Waals surface area contributed by atoms with Crippen molar-refractivity contribution in [1.82, 2.24) is 4.90 Å². The van der Waals surface area contributed by atoms with Crippen LogP contribution in [0.5, 0.6) is 0 Å². The maximum atomic E-state index is 12.3. The van der Waals surface area contributed by atoms with Crippen LogP contribution in [0.15, 0.2) is 18.2 Å². The van der Waals surface area contributed by atoms with E-state index in [2.05, 4.69) is 5.32 Å². The summed E-state index contributed by atoms with van der Waals surface area (Å²) in [4.78, 5) is 26.2. The summed E-state index contributed by atoms with van der Waals surface area (Å²) in [6.45, 7) is 4.03. The van der Waals surface area contributed by atoms with Crippen molar-refractivity contribution >= 4 is 29.3 Å². The van der Waals surface area contributed by atoms with Gasteiger partial charge < -0.3 is 10.2 Å². The topological polar surface area (TPSA) is 49.4 Å². The number of nitrogens with one attached hydrogen (secondary N) is 1. The molecule has 0 aromatic heterocycles. The van der Waals surface area contributed by atoms with Crippen molar-refractivity contribution in [2.45, 2.75) is 52.0 Å². The second-order valence-electron chi connectivity index (χ2n) is 6.58. The van der Waals surface area contributed by atoms with E-state index in [1.54, 1.807) is 0 Å². The van der Waals surface area contributed by atoms with Gasteiger partial charge in [0.15, 0.2) is 0 Å². The van der Waals surface area contributed by atoms with Crippen molar-refractivity contribution in [2.24, 2.45) is 0 Å². The molecule has 4 nitrogen and oxygen atoms in total. The molecule has 1 N–H and O–H groups in total. The maximum absolute atomic E-state index is 12.3. The van der Waals surface area contributed by atoms with Gasteiger partial charge in [-0.3, -0.25) is 9.59 Å². The van der Waals surface area contributed by atoms with E-state index in [1.165, 1.54) is 31.0 Å². The highest BCUT2D eigenvalue weighted by Gasteiger charge is 2.21. The molecule has 1 aromatic carbocycles. The van der Waals surface area contributed by atoms with E-state index in [0.717, 1.165) is 29.7 Å². The standard InChI is InChI=1S/C19H28N2O2S/c1-14-8-7-11-17(15(14)2)20-18(22)12-24-13-19(23)21(3)16-9-5-4-6-10-16/h7-8,11,16H,4-6,9-10,12-13H2,1-3H3,(H,20,22). The van der Waals surface area contributed by atoms with Gasteiger partial charge in [-0.15, -0.1) is 11.8 Å². The van der Waals surface area contributed by atoms with Crippen molar-refractivity contribution < 1.29 is 9.59 Å². The number of amides is 2. The van der Waals surface area contributed by atoms with E-state index >= 15 is 0 Å². The molecule has 0 saturated heterocycles. The van der Waals surface area contributed by atoms with Crippen LogP contribution in [0.25, 0.3) is 0 Å². The number of nitrogens with zero attached hydrogens (tertiary/aromatic N) is 1. The van der Waals surface area contributed by atoms with Crippen molar-refractivity contribution in [1.29, 1.82) is 0 Å². The van der Waals surface area contributed by atoms with Gasteiger partial charge in [0.1, 0.15) is 0 Å². The van der Waals surface area contributed by atoms with Gasteiger partial charge in [-0.2, -0.15) is 0 Å². The van der Waals surface area contributed by atoms with Crippen molar-refractivity contribution in [3.8, 4) is 0 Å². The Bertz CT molecular complexity index is 583. The van der Waals surface area contributed by atoms with Gasteiger partial charge in [0, 0.05) is 18.8 Å². The lowest BCUT2D eigenvalue weighted by Gasteiger charge is -2.31. The minimum absolute atomic E-state index is 0.0539. The Balaban J connectivity index is 1.73. The molecule has 1 fully saturated rings. The third-order valence-corrected chi connectivity index (χ3v) is 5.77. The second kappa shape index (κ2) is 9.11. The van der Waals surface area contributed by atoms with Gasteiger partial charge in [-0.25, -0.2) is 0 Å². The average molecular weight is 349 g/mol. The fourth-order valence-corrected chi connectivity index (χ4v) is 3.82. The minimum atomic E-state index is -0.0539. The van der Waals surface area contributed by atoms with Gasteiger partial charge >= 0.3 is 0 Å². The van der Waals surface area contributed by atoms with E-state index in [0.29, 0.717) is 17.5 Å². The number of aryl methyl sites for hydroxylation is 1. The molecule has 2 rings (SSSR count). The van der Waals surface area contributed by atoms with E-state index in [1.807, 2.05) is 44.0 Å². The molecular formula is C19H28N2O2S. The second-order valence-corrected chi connectivity index (χ2v) is 7.57. The third-order valence-electron chi connectivity index (χ3n) is 4.85. The summed E-state index contributed by atoms with van der Waals surface area (Å²) in [5, 5.41) is 2.93. The molecule has 1 saturated carbocycles. The first-order chi connectivity index (χ1) is 11.5. The maximum Gasteiger partial charge on any atom is 0.234 e. The number of carbonyl (C=O) groups excluding carboxylic acids is 2.